The van der Waals surface area contributed by atoms with E-state index in [4.69, 9.17) is 4.74 Å². The van der Waals surface area contributed by atoms with Gasteiger partial charge in [0, 0.05) is 17.3 Å². The molecule has 2 aromatic rings. The molecule has 2 aromatic carbocycles. The Bertz CT molecular complexity index is 671. The Morgan fingerprint density at radius 1 is 1.29 bits per heavy atom. The molecule has 21 heavy (non-hydrogen) atoms. The summed E-state index contributed by atoms with van der Waals surface area (Å²) < 4.78 is 18.8. The zero-order valence-electron chi connectivity index (χ0n) is 11.8. The molecule has 0 aliphatic heterocycles. The number of benzene rings is 2. The number of aryl methyl sites for hydroxylation is 1. The van der Waals surface area contributed by atoms with Gasteiger partial charge in [-0.3, -0.25) is 4.79 Å². The van der Waals surface area contributed by atoms with Gasteiger partial charge in [-0.25, -0.2) is 4.39 Å². The molecule has 5 heteroatoms. The van der Waals surface area contributed by atoms with Gasteiger partial charge < -0.3 is 15.2 Å². The number of phenolic OH excluding ortho intramolecular Hbond substituents is 1. The van der Waals surface area contributed by atoms with E-state index >= 15 is 0 Å². The number of amides is 1. The van der Waals surface area contributed by atoms with Crippen LogP contribution in [0, 0.1) is 12.7 Å². The maximum atomic E-state index is 13.7. The first-order valence-electron chi connectivity index (χ1n) is 6.54. The van der Waals surface area contributed by atoms with E-state index in [1.807, 2.05) is 0 Å². The smallest absolute Gasteiger partial charge is 0.255 e. The van der Waals surface area contributed by atoms with Crippen LogP contribution >= 0.6 is 0 Å². The quantitative estimate of drug-likeness (QED) is 0.905. The number of hydrogen-bond donors (Lipinski definition) is 2. The van der Waals surface area contributed by atoms with Crippen LogP contribution < -0.4 is 10.1 Å². The number of phenols is 1. The average molecular weight is 289 g/mol. The number of rotatable bonds is 4. The molecule has 0 heterocycles. The van der Waals surface area contributed by atoms with Crippen LogP contribution in [0.25, 0.3) is 0 Å². The minimum atomic E-state index is -0.540. The average Bonchev–Trinajstić information content (AvgIpc) is 2.45. The molecule has 2 N–H and O–H groups in total. The van der Waals surface area contributed by atoms with Gasteiger partial charge in [0.1, 0.15) is 5.75 Å². The summed E-state index contributed by atoms with van der Waals surface area (Å²) >= 11 is 0. The minimum absolute atomic E-state index is 0.0422. The number of carbonyl (C=O) groups excluding carboxylic acids is 1. The molecular weight excluding hydrogens is 273 g/mol. The minimum Gasteiger partial charge on any atom is -0.508 e. The fourth-order valence-electron chi connectivity index (χ4n) is 1.81. The Morgan fingerprint density at radius 2 is 2.05 bits per heavy atom. The Kier molecular flexibility index (Phi) is 4.42. The Labute approximate surface area is 122 Å². The van der Waals surface area contributed by atoms with Crippen LogP contribution in [0.4, 0.5) is 10.1 Å². The highest BCUT2D eigenvalue weighted by Gasteiger charge is 2.10. The number of carbonyl (C=O) groups is 1. The third-order valence-electron chi connectivity index (χ3n) is 2.96. The molecule has 0 saturated heterocycles. The molecule has 0 radical (unpaired) electrons. The zero-order chi connectivity index (χ0) is 15.4. The summed E-state index contributed by atoms with van der Waals surface area (Å²) in [5.41, 5.74) is 1.30. The second-order valence-corrected chi connectivity index (χ2v) is 4.53. The molecule has 1 amide bonds. The number of anilines is 1. The third-order valence-corrected chi connectivity index (χ3v) is 2.96. The maximum absolute atomic E-state index is 13.7. The monoisotopic (exact) mass is 289 g/mol. The van der Waals surface area contributed by atoms with Gasteiger partial charge in [0.15, 0.2) is 11.6 Å². The standard InChI is InChI=1S/C16H16FNO3/c1-3-21-15-7-6-12(9-13(15)17)18-16(20)11-5-4-10(2)14(19)8-11/h4-9,19H,3H2,1-2H3,(H,18,20). The van der Waals surface area contributed by atoms with E-state index in [-0.39, 0.29) is 11.5 Å². The van der Waals surface area contributed by atoms with Crippen molar-refractivity contribution in [2.24, 2.45) is 0 Å². The van der Waals surface area contributed by atoms with E-state index in [1.165, 1.54) is 18.2 Å². The van der Waals surface area contributed by atoms with Crippen molar-refractivity contribution in [3.05, 3.63) is 53.3 Å². The van der Waals surface area contributed by atoms with Gasteiger partial charge in [0.2, 0.25) is 0 Å². The highest BCUT2D eigenvalue weighted by Crippen LogP contribution is 2.22. The van der Waals surface area contributed by atoms with E-state index in [1.54, 1.807) is 32.0 Å². The second-order valence-electron chi connectivity index (χ2n) is 4.53. The van der Waals surface area contributed by atoms with Crippen molar-refractivity contribution in [3.8, 4) is 11.5 Å². The SMILES string of the molecule is CCOc1ccc(NC(=O)c2ccc(C)c(O)c2)cc1F. The van der Waals surface area contributed by atoms with Crippen LogP contribution in [0.2, 0.25) is 0 Å². The predicted octanol–water partition coefficient (Wildman–Crippen LogP) is 3.49. The van der Waals surface area contributed by atoms with Crippen molar-refractivity contribution in [2.45, 2.75) is 13.8 Å². The Balaban J connectivity index is 2.15. The van der Waals surface area contributed by atoms with Crippen LogP contribution in [-0.2, 0) is 0 Å². The van der Waals surface area contributed by atoms with Crippen molar-refractivity contribution in [3.63, 3.8) is 0 Å². The highest BCUT2D eigenvalue weighted by atomic mass is 19.1. The second kappa shape index (κ2) is 6.26. The van der Waals surface area contributed by atoms with Crippen molar-refractivity contribution < 1.29 is 19.0 Å². The summed E-state index contributed by atoms with van der Waals surface area (Å²) in [6, 6.07) is 8.81. The lowest BCUT2D eigenvalue weighted by atomic mass is 10.1. The largest absolute Gasteiger partial charge is 0.508 e. The van der Waals surface area contributed by atoms with Crippen molar-refractivity contribution >= 4 is 11.6 Å². The summed E-state index contributed by atoms with van der Waals surface area (Å²) in [6.45, 7) is 3.86. The molecule has 0 aliphatic carbocycles. The molecule has 0 atom stereocenters. The molecule has 0 aromatic heterocycles. The van der Waals surface area contributed by atoms with Gasteiger partial charge in [-0.15, -0.1) is 0 Å². The molecule has 0 unspecified atom stereocenters. The lowest BCUT2D eigenvalue weighted by molar-refractivity contribution is 0.102. The van der Waals surface area contributed by atoms with Gasteiger partial charge >= 0.3 is 0 Å². The van der Waals surface area contributed by atoms with Gasteiger partial charge in [-0.2, -0.15) is 0 Å². The number of hydrogen-bond acceptors (Lipinski definition) is 3. The first-order valence-corrected chi connectivity index (χ1v) is 6.54. The summed E-state index contributed by atoms with van der Waals surface area (Å²) in [4.78, 5) is 12.0. The number of ether oxygens (including phenoxy) is 1. The van der Waals surface area contributed by atoms with Crippen molar-refractivity contribution in [1.82, 2.24) is 0 Å². The molecule has 0 spiro atoms. The zero-order valence-corrected chi connectivity index (χ0v) is 11.8. The van der Waals surface area contributed by atoms with Crippen molar-refractivity contribution in [2.75, 3.05) is 11.9 Å². The fraction of sp³-hybridized carbons (Fsp3) is 0.188. The lowest BCUT2D eigenvalue weighted by Gasteiger charge is -2.09. The van der Waals surface area contributed by atoms with E-state index < -0.39 is 11.7 Å². The van der Waals surface area contributed by atoms with E-state index in [0.29, 0.717) is 23.4 Å². The summed E-state index contributed by atoms with van der Waals surface area (Å²) in [6.07, 6.45) is 0. The molecule has 4 nitrogen and oxygen atoms in total. The molecule has 110 valence electrons. The molecule has 0 fully saturated rings. The first-order chi connectivity index (χ1) is 10.0. The van der Waals surface area contributed by atoms with E-state index in [9.17, 15) is 14.3 Å². The summed E-state index contributed by atoms with van der Waals surface area (Å²) in [5.74, 6) is -0.778. The number of aromatic hydroxyl groups is 1. The summed E-state index contributed by atoms with van der Waals surface area (Å²) in [7, 11) is 0. The number of halogens is 1. The van der Waals surface area contributed by atoms with Crippen LogP contribution in [-0.4, -0.2) is 17.6 Å². The predicted molar refractivity (Wildman–Crippen MR) is 78.4 cm³/mol. The Morgan fingerprint density at radius 3 is 2.67 bits per heavy atom. The third kappa shape index (κ3) is 3.51. The van der Waals surface area contributed by atoms with Crippen LogP contribution in [0.5, 0.6) is 11.5 Å². The van der Waals surface area contributed by atoms with Crippen LogP contribution in [0.3, 0.4) is 0 Å². The highest BCUT2D eigenvalue weighted by molar-refractivity contribution is 6.04. The van der Waals surface area contributed by atoms with Gasteiger partial charge in [-0.05, 0) is 43.7 Å². The number of nitrogens with one attached hydrogen (secondary N) is 1. The lowest BCUT2D eigenvalue weighted by Crippen LogP contribution is -2.12. The molecule has 2 rings (SSSR count). The Hall–Kier alpha value is -2.56. The van der Waals surface area contributed by atoms with Crippen molar-refractivity contribution in [1.29, 1.82) is 0 Å². The summed E-state index contributed by atoms with van der Waals surface area (Å²) in [5, 5.41) is 12.2. The molecule has 0 saturated carbocycles. The first kappa shape index (κ1) is 14.8. The van der Waals surface area contributed by atoms with Gasteiger partial charge in [0.25, 0.3) is 5.91 Å². The molecule has 0 bridgehead atoms. The van der Waals surface area contributed by atoms with Gasteiger partial charge in [0.05, 0.1) is 6.61 Å². The maximum Gasteiger partial charge on any atom is 0.255 e. The van der Waals surface area contributed by atoms with Gasteiger partial charge in [-0.1, -0.05) is 6.07 Å². The fourth-order valence-corrected chi connectivity index (χ4v) is 1.81. The van der Waals surface area contributed by atoms with Crippen LogP contribution in [0.15, 0.2) is 36.4 Å². The molecular formula is C16H16FNO3. The molecule has 0 aliphatic rings. The topological polar surface area (TPSA) is 58.6 Å². The van der Waals surface area contributed by atoms with Crippen LogP contribution in [0.1, 0.15) is 22.8 Å². The normalized spacial score (nSPS) is 10.2. The van der Waals surface area contributed by atoms with E-state index in [2.05, 4.69) is 5.32 Å². The van der Waals surface area contributed by atoms with E-state index in [0.717, 1.165) is 0 Å².